The average Bonchev–Trinajstić information content (AvgIpc) is 2.92. The second-order valence-corrected chi connectivity index (χ2v) is 6.23. The zero-order chi connectivity index (χ0) is 15.5. The quantitative estimate of drug-likeness (QED) is 0.665. The van der Waals surface area contributed by atoms with E-state index in [1.807, 2.05) is 42.5 Å². The Bertz CT molecular complexity index is 803. The number of carboxylic acid groups (broad SMARTS) is 1. The van der Waals surface area contributed by atoms with Gasteiger partial charge in [-0.05, 0) is 12.1 Å². The van der Waals surface area contributed by atoms with Gasteiger partial charge in [0.25, 0.3) is 0 Å². The number of thiazole rings is 1. The van der Waals surface area contributed by atoms with Crippen LogP contribution in [0, 0.1) is 0 Å². The van der Waals surface area contributed by atoms with Crippen LogP contribution in [0.3, 0.4) is 0 Å². The molecule has 3 nitrogen and oxygen atoms in total. The Hall–Kier alpha value is -0.910. The minimum Gasteiger partial charge on any atom is -0.550 e. The van der Waals surface area contributed by atoms with Crippen molar-refractivity contribution in [2.75, 3.05) is 0 Å². The first kappa shape index (κ1) is 18.4. The third-order valence-electron chi connectivity index (χ3n) is 3.14. The van der Waals surface area contributed by atoms with Gasteiger partial charge in [-0.1, -0.05) is 54.1 Å². The number of carbonyl (C=O) groups is 1. The largest absolute Gasteiger partial charge is 2.00 e. The molecular formula is C17H11CaClNO2S+. The van der Waals surface area contributed by atoms with Gasteiger partial charge in [0, 0.05) is 33.4 Å². The van der Waals surface area contributed by atoms with E-state index in [4.69, 9.17) is 11.6 Å². The van der Waals surface area contributed by atoms with Crippen LogP contribution in [0.5, 0.6) is 0 Å². The van der Waals surface area contributed by atoms with E-state index < -0.39 is 5.97 Å². The van der Waals surface area contributed by atoms with Gasteiger partial charge in [-0.15, -0.1) is 11.3 Å². The molecule has 0 bridgehead atoms. The monoisotopic (exact) mass is 368 g/mol. The van der Waals surface area contributed by atoms with Gasteiger partial charge in [-0.3, -0.25) is 0 Å². The first-order valence-electron chi connectivity index (χ1n) is 6.64. The summed E-state index contributed by atoms with van der Waals surface area (Å²) in [7, 11) is 0. The Kier molecular flexibility index (Phi) is 6.62. The molecule has 1 aromatic heterocycles. The Balaban J connectivity index is 0.00000192. The van der Waals surface area contributed by atoms with Crippen molar-refractivity contribution in [2.45, 2.75) is 6.42 Å². The summed E-state index contributed by atoms with van der Waals surface area (Å²) < 4.78 is 0. The average molecular weight is 369 g/mol. The van der Waals surface area contributed by atoms with E-state index in [9.17, 15) is 9.90 Å². The van der Waals surface area contributed by atoms with Crippen LogP contribution in [0.2, 0.25) is 5.02 Å². The molecule has 0 radical (unpaired) electrons. The van der Waals surface area contributed by atoms with Gasteiger partial charge in [-0.25, -0.2) is 4.98 Å². The molecule has 1 heterocycles. The maximum absolute atomic E-state index is 11.0. The topological polar surface area (TPSA) is 53.0 Å². The number of rotatable bonds is 4. The van der Waals surface area contributed by atoms with Crippen LogP contribution in [0.15, 0.2) is 54.6 Å². The smallest absolute Gasteiger partial charge is 0.550 e. The summed E-state index contributed by atoms with van der Waals surface area (Å²) in [6.07, 6.45) is -0.150. The predicted molar refractivity (Wildman–Crippen MR) is 92.5 cm³/mol. The van der Waals surface area contributed by atoms with Crippen molar-refractivity contribution >= 4 is 66.6 Å². The number of nitrogens with zero attached hydrogens (tertiary/aromatic N) is 1. The number of carbonyl (C=O) groups excluding carboxylic acids is 1. The molecule has 0 fully saturated rings. The second kappa shape index (κ2) is 8.27. The van der Waals surface area contributed by atoms with E-state index in [0.29, 0.717) is 15.6 Å². The van der Waals surface area contributed by atoms with Gasteiger partial charge >= 0.3 is 37.7 Å². The molecule has 0 unspecified atom stereocenters. The van der Waals surface area contributed by atoms with Crippen LogP contribution in [0.4, 0.5) is 0 Å². The summed E-state index contributed by atoms with van der Waals surface area (Å²) in [5.41, 5.74) is 2.48. The van der Waals surface area contributed by atoms with Crippen molar-refractivity contribution < 1.29 is 9.90 Å². The normalized spacial score (nSPS) is 10.1. The molecule has 0 saturated carbocycles. The van der Waals surface area contributed by atoms with Gasteiger partial charge in [0.2, 0.25) is 0 Å². The Morgan fingerprint density at radius 1 is 1.04 bits per heavy atom. The summed E-state index contributed by atoms with van der Waals surface area (Å²) in [4.78, 5) is 16.3. The number of aliphatic carboxylic acids is 1. The fraction of sp³-hybridized carbons (Fsp3) is 0.0588. The van der Waals surface area contributed by atoms with Gasteiger partial charge in [0.15, 0.2) is 0 Å². The molecule has 0 atom stereocenters. The third kappa shape index (κ3) is 4.55. The molecule has 0 aliphatic rings. The summed E-state index contributed by atoms with van der Waals surface area (Å²) in [6, 6.07) is 16.9. The van der Waals surface area contributed by atoms with E-state index in [1.54, 1.807) is 12.1 Å². The first-order valence-corrected chi connectivity index (χ1v) is 7.84. The number of halogens is 1. The third-order valence-corrected chi connectivity index (χ3v) is 4.50. The number of hydrogen-bond acceptors (Lipinski definition) is 4. The molecule has 110 valence electrons. The molecule has 0 spiro atoms. The number of carboxylic acids is 1. The molecular weight excluding hydrogens is 358 g/mol. The van der Waals surface area contributed by atoms with Crippen molar-refractivity contribution in [3.63, 3.8) is 0 Å². The molecule has 6 heteroatoms. The molecule has 2 aromatic carbocycles. The summed E-state index contributed by atoms with van der Waals surface area (Å²) in [5.74, 6) is -1.11. The van der Waals surface area contributed by atoms with E-state index in [2.05, 4.69) is 4.98 Å². The first-order chi connectivity index (χ1) is 10.6. The standard InChI is InChI=1S/C17H12ClNO2S.Ca/c18-13-8-6-11(7-9-13)16-14(10-15(20)21)22-17(19-16)12-4-2-1-3-5-12;/h1-9H,10H2,(H,20,21);/q;+2/p-1. The van der Waals surface area contributed by atoms with Crippen LogP contribution < -0.4 is 5.11 Å². The van der Waals surface area contributed by atoms with Gasteiger partial charge < -0.3 is 9.90 Å². The van der Waals surface area contributed by atoms with Crippen LogP contribution >= 0.6 is 22.9 Å². The van der Waals surface area contributed by atoms with Crippen molar-refractivity contribution in [1.29, 1.82) is 0 Å². The van der Waals surface area contributed by atoms with Crippen molar-refractivity contribution in [2.24, 2.45) is 0 Å². The summed E-state index contributed by atoms with van der Waals surface area (Å²) >= 11 is 7.28. The van der Waals surface area contributed by atoms with E-state index >= 15 is 0 Å². The van der Waals surface area contributed by atoms with Crippen molar-refractivity contribution in [3.05, 3.63) is 64.5 Å². The number of hydrogen-bond donors (Lipinski definition) is 0. The van der Waals surface area contributed by atoms with E-state index in [1.165, 1.54) is 11.3 Å². The van der Waals surface area contributed by atoms with Crippen molar-refractivity contribution in [1.82, 2.24) is 4.98 Å². The second-order valence-electron chi connectivity index (χ2n) is 4.71. The maximum atomic E-state index is 11.0. The van der Waals surface area contributed by atoms with Crippen LogP contribution in [-0.4, -0.2) is 48.7 Å². The SMILES string of the molecule is O=C([O-])Cc1sc(-c2ccccc2)nc1-c1ccc(Cl)cc1.[Ca+2]. The van der Waals surface area contributed by atoms with E-state index in [0.717, 1.165) is 16.1 Å². The Morgan fingerprint density at radius 2 is 1.70 bits per heavy atom. The predicted octanol–water partition coefficient (Wildman–Crippen LogP) is 3.04. The minimum atomic E-state index is -1.11. The summed E-state index contributed by atoms with van der Waals surface area (Å²) in [5, 5.41) is 12.4. The van der Waals surface area contributed by atoms with Crippen LogP contribution in [0.25, 0.3) is 21.8 Å². The minimum absolute atomic E-state index is 0. The molecule has 23 heavy (non-hydrogen) atoms. The zero-order valence-electron chi connectivity index (χ0n) is 12.2. The van der Waals surface area contributed by atoms with Gasteiger partial charge in [-0.2, -0.15) is 0 Å². The van der Waals surface area contributed by atoms with E-state index in [-0.39, 0.29) is 44.2 Å². The van der Waals surface area contributed by atoms with Crippen LogP contribution in [-0.2, 0) is 11.2 Å². The molecule has 0 saturated heterocycles. The summed E-state index contributed by atoms with van der Waals surface area (Å²) in [6.45, 7) is 0. The van der Waals surface area contributed by atoms with Crippen LogP contribution in [0.1, 0.15) is 4.88 Å². The molecule has 0 N–H and O–H groups in total. The number of benzene rings is 2. The molecule has 0 amide bonds. The van der Waals surface area contributed by atoms with Gasteiger partial charge in [0.05, 0.1) is 5.69 Å². The van der Waals surface area contributed by atoms with Gasteiger partial charge in [0.1, 0.15) is 5.01 Å². The Morgan fingerprint density at radius 3 is 2.30 bits per heavy atom. The molecule has 3 rings (SSSR count). The molecule has 3 aromatic rings. The Labute approximate surface area is 173 Å². The maximum Gasteiger partial charge on any atom is 2.00 e. The number of aromatic nitrogens is 1. The fourth-order valence-corrected chi connectivity index (χ4v) is 3.34. The molecule has 0 aliphatic carbocycles. The fourth-order valence-electron chi connectivity index (χ4n) is 2.14. The molecule has 0 aliphatic heterocycles. The zero-order valence-corrected chi connectivity index (χ0v) is 15.9. The van der Waals surface area contributed by atoms with Crippen molar-refractivity contribution in [3.8, 4) is 21.8 Å².